The molecule has 1 rings (SSSR count). The van der Waals surface area contributed by atoms with Gasteiger partial charge in [0.05, 0.1) is 0 Å². The molecule has 0 unspecified atom stereocenters. The van der Waals surface area contributed by atoms with Gasteiger partial charge in [0.25, 0.3) is 0 Å². The predicted octanol–water partition coefficient (Wildman–Crippen LogP) is 5.36. The Hall–Kier alpha value is -0.850. The highest BCUT2D eigenvalue weighted by molar-refractivity contribution is 5.03. The summed E-state index contributed by atoms with van der Waals surface area (Å²) in [7, 11) is 0. The maximum Gasteiger partial charge on any atom is 0.0403 e. The second kappa shape index (κ2) is 11.3. The largest absolute Gasteiger partial charge is 0.261 e. The number of hydrogen-bond acceptors (Lipinski definition) is 1. The quantitative estimate of drug-likeness (QED) is 0.479. The van der Waals surface area contributed by atoms with E-state index in [0.29, 0.717) is 0 Å². The van der Waals surface area contributed by atoms with Gasteiger partial charge in [0, 0.05) is 11.9 Å². The molecule has 1 aromatic rings. The minimum absolute atomic E-state index is 1.10. The lowest BCUT2D eigenvalue weighted by Gasteiger charge is -2.02. The van der Waals surface area contributed by atoms with Gasteiger partial charge in [-0.15, -0.1) is 0 Å². The average Bonchev–Trinajstić information content (AvgIpc) is 2.42. The van der Waals surface area contributed by atoms with Crippen LogP contribution in [0.3, 0.4) is 0 Å². The van der Waals surface area contributed by atoms with E-state index < -0.39 is 0 Å². The van der Waals surface area contributed by atoms with Gasteiger partial charge in [-0.25, -0.2) is 0 Å². The van der Waals surface area contributed by atoms with Crippen molar-refractivity contribution in [3.05, 3.63) is 37.0 Å². The number of rotatable bonds is 11. The van der Waals surface area contributed by atoms with Gasteiger partial charge in [-0.05, 0) is 25.0 Å². The Morgan fingerprint density at radius 2 is 1.39 bits per heavy atom. The van der Waals surface area contributed by atoms with Crippen LogP contribution in [-0.2, 0) is 6.42 Å². The SMILES string of the molecule is [CH2]CCCCCCCCCCCc1ccccn1. The third-order valence-electron chi connectivity index (χ3n) is 3.41. The smallest absolute Gasteiger partial charge is 0.0403 e. The molecule has 0 N–H and O–H groups in total. The molecule has 1 radical (unpaired) electrons. The number of aromatic nitrogens is 1. The summed E-state index contributed by atoms with van der Waals surface area (Å²) in [5, 5.41) is 0. The van der Waals surface area contributed by atoms with Gasteiger partial charge < -0.3 is 0 Å². The van der Waals surface area contributed by atoms with Crippen molar-refractivity contribution in [3.63, 3.8) is 0 Å². The molecule has 1 nitrogen and oxygen atoms in total. The maximum atomic E-state index is 4.35. The van der Waals surface area contributed by atoms with E-state index in [2.05, 4.69) is 24.0 Å². The van der Waals surface area contributed by atoms with E-state index in [1.165, 1.54) is 63.5 Å². The normalized spacial score (nSPS) is 10.7. The van der Waals surface area contributed by atoms with Crippen LogP contribution in [0.4, 0.5) is 0 Å². The van der Waals surface area contributed by atoms with Crippen LogP contribution in [0.5, 0.6) is 0 Å². The van der Waals surface area contributed by atoms with Crippen LogP contribution in [0.25, 0.3) is 0 Å². The van der Waals surface area contributed by atoms with E-state index in [4.69, 9.17) is 0 Å². The van der Waals surface area contributed by atoms with Gasteiger partial charge in [0.15, 0.2) is 0 Å². The van der Waals surface area contributed by atoms with E-state index in [0.717, 1.165) is 12.8 Å². The summed E-state index contributed by atoms with van der Waals surface area (Å²) in [5.41, 5.74) is 1.24. The molecular weight excluding hydrogens is 218 g/mol. The Balaban J connectivity index is 1.82. The van der Waals surface area contributed by atoms with Gasteiger partial charge in [0.2, 0.25) is 0 Å². The lowest BCUT2D eigenvalue weighted by molar-refractivity contribution is 0.558. The third kappa shape index (κ3) is 8.27. The molecule has 0 aliphatic heterocycles. The van der Waals surface area contributed by atoms with Crippen LogP contribution in [-0.4, -0.2) is 4.98 Å². The van der Waals surface area contributed by atoms with Gasteiger partial charge in [-0.3, -0.25) is 4.98 Å². The monoisotopic (exact) mass is 246 g/mol. The first-order valence-corrected chi connectivity index (χ1v) is 7.62. The summed E-state index contributed by atoms with van der Waals surface area (Å²) < 4.78 is 0. The van der Waals surface area contributed by atoms with Gasteiger partial charge in [-0.1, -0.05) is 70.8 Å². The van der Waals surface area contributed by atoms with E-state index in [-0.39, 0.29) is 0 Å². The Labute approximate surface area is 113 Å². The fourth-order valence-corrected chi connectivity index (χ4v) is 2.27. The molecule has 18 heavy (non-hydrogen) atoms. The summed E-state index contributed by atoms with van der Waals surface area (Å²) in [6.45, 7) is 3.87. The topological polar surface area (TPSA) is 12.9 Å². The van der Waals surface area contributed by atoms with Crippen molar-refractivity contribution in [3.8, 4) is 0 Å². The molecule has 0 aliphatic carbocycles. The van der Waals surface area contributed by atoms with Crippen molar-refractivity contribution in [2.45, 2.75) is 70.6 Å². The fourth-order valence-electron chi connectivity index (χ4n) is 2.27. The zero-order valence-corrected chi connectivity index (χ0v) is 11.7. The van der Waals surface area contributed by atoms with E-state index in [1.54, 1.807) is 0 Å². The highest BCUT2D eigenvalue weighted by Gasteiger charge is 1.95. The van der Waals surface area contributed by atoms with Crippen molar-refractivity contribution in [1.82, 2.24) is 4.98 Å². The zero-order chi connectivity index (χ0) is 12.9. The molecule has 0 amide bonds. The zero-order valence-electron chi connectivity index (χ0n) is 11.7. The average molecular weight is 246 g/mol. The molecule has 0 aliphatic rings. The molecule has 0 saturated heterocycles. The second-order valence-electron chi connectivity index (χ2n) is 5.11. The summed E-state index contributed by atoms with van der Waals surface area (Å²) >= 11 is 0. The van der Waals surface area contributed by atoms with Crippen LogP contribution >= 0.6 is 0 Å². The first kappa shape index (κ1) is 15.2. The molecule has 0 bridgehead atoms. The van der Waals surface area contributed by atoms with Crippen molar-refractivity contribution >= 4 is 0 Å². The second-order valence-corrected chi connectivity index (χ2v) is 5.11. The van der Waals surface area contributed by atoms with Crippen molar-refractivity contribution < 1.29 is 0 Å². The standard InChI is InChI=1S/C17H28N/c1-2-3-4-5-6-7-8-9-10-11-14-17-15-12-13-16-18-17/h12-13,15-16H,1-11,14H2. The molecule has 1 heteroatoms. The van der Waals surface area contributed by atoms with Gasteiger partial charge in [0.1, 0.15) is 0 Å². The third-order valence-corrected chi connectivity index (χ3v) is 3.41. The first-order chi connectivity index (χ1) is 8.93. The Kier molecular flexibility index (Phi) is 9.51. The van der Waals surface area contributed by atoms with Crippen molar-refractivity contribution in [2.24, 2.45) is 0 Å². The molecule has 0 spiro atoms. The van der Waals surface area contributed by atoms with Crippen molar-refractivity contribution in [1.29, 1.82) is 0 Å². The van der Waals surface area contributed by atoms with Gasteiger partial charge >= 0.3 is 0 Å². The molecule has 1 heterocycles. The minimum atomic E-state index is 1.10. The molecule has 0 aromatic carbocycles. The van der Waals surface area contributed by atoms with Crippen LogP contribution < -0.4 is 0 Å². The number of pyridine rings is 1. The number of aryl methyl sites for hydroxylation is 1. The van der Waals surface area contributed by atoms with Crippen LogP contribution in [0.15, 0.2) is 24.4 Å². The maximum absolute atomic E-state index is 4.35. The molecular formula is C17H28N. The first-order valence-electron chi connectivity index (χ1n) is 7.62. The minimum Gasteiger partial charge on any atom is -0.261 e. The molecule has 0 fully saturated rings. The summed E-state index contributed by atoms with van der Waals surface area (Å²) in [4.78, 5) is 4.35. The van der Waals surface area contributed by atoms with Crippen molar-refractivity contribution in [2.75, 3.05) is 0 Å². The summed E-state index contributed by atoms with van der Waals surface area (Å²) in [6.07, 6.45) is 16.5. The van der Waals surface area contributed by atoms with Gasteiger partial charge in [-0.2, -0.15) is 0 Å². The van der Waals surface area contributed by atoms with Crippen LogP contribution in [0.1, 0.15) is 69.9 Å². The fraction of sp³-hybridized carbons (Fsp3) is 0.647. The summed E-state index contributed by atoms with van der Waals surface area (Å²) in [6, 6.07) is 6.19. The molecule has 101 valence electrons. The molecule has 0 atom stereocenters. The van der Waals surface area contributed by atoms with E-state index in [1.807, 2.05) is 12.3 Å². The lowest BCUT2D eigenvalue weighted by Crippen LogP contribution is -1.89. The predicted molar refractivity (Wildman–Crippen MR) is 79.5 cm³/mol. The Bertz CT molecular complexity index is 268. The van der Waals surface area contributed by atoms with Crippen LogP contribution in [0.2, 0.25) is 0 Å². The number of nitrogens with zero attached hydrogens (tertiary/aromatic N) is 1. The highest BCUT2D eigenvalue weighted by Crippen LogP contribution is 2.11. The lowest BCUT2D eigenvalue weighted by atomic mass is 10.1. The number of hydrogen-bond donors (Lipinski definition) is 0. The Morgan fingerprint density at radius 1 is 0.778 bits per heavy atom. The Morgan fingerprint density at radius 3 is 1.94 bits per heavy atom. The number of unbranched alkanes of at least 4 members (excludes halogenated alkanes) is 9. The van der Waals surface area contributed by atoms with Crippen LogP contribution in [0, 0.1) is 6.92 Å². The highest BCUT2D eigenvalue weighted by atomic mass is 14.7. The summed E-state index contributed by atoms with van der Waals surface area (Å²) in [5.74, 6) is 0. The van der Waals surface area contributed by atoms with E-state index in [9.17, 15) is 0 Å². The van der Waals surface area contributed by atoms with E-state index >= 15 is 0 Å². The molecule has 0 saturated carbocycles. The molecule has 1 aromatic heterocycles.